The van der Waals surface area contributed by atoms with Crippen molar-refractivity contribution in [3.8, 4) is 5.75 Å². The van der Waals surface area contributed by atoms with Gasteiger partial charge in [-0.2, -0.15) is 0 Å². The molecule has 0 fully saturated rings. The smallest absolute Gasteiger partial charge is 0.120 e. The van der Waals surface area contributed by atoms with Crippen LogP contribution in [0.3, 0.4) is 0 Å². The number of rotatable bonds is 6. The van der Waals surface area contributed by atoms with Crippen LogP contribution in [0.1, 0.15) is 32.3 Å². The molecule has 0 saturated carbocycles. The molecule has 0 saturated heterocycles. The van der Waals surface area contributed by atoms with Crippen molar-refractivity contribution in [1.82, 2.24) is 0 Å². The van der Waals surface area contributed by atoms with E-state index in [1.165, 1.54) is 5.57 Å². The van der Waals surface area contributed by atoms with Gasteiger partial charge in [0.1, 0.15) is 12.4 Å². The first-order valence-corrected chi connectivity index (χ1v) is 11.2. The van der Waals surface area contributed by atoms with E-state index < -0.39 is 0 Å². The van der Waals surface area contributed by atoms with E-state index >= 15 is 0 Å². The maximum Gasteiger partial charge on any atom is 0.120 e. The van der Waals surface area contributed by atoms with Gasteiger partial charge in [0.15, 0.2) is 0 Å². The number of halogens is 2. The zero-order valence-electron chi connectivity index (χ0n) is 15.2. The third kappa shape index (κ3) is 6.53. The minimum absolute atomic E-state index is 0.657. The normalized spacial score (nSPS) is 12.8. The number of hydrogen-bond acceptors (Lipinski definition) is 2. The van der Waals surface area contributed by atoms with Crippen LogP contribution in [-0.2, 0) is 5.33 Å². The monoisotopic (exact) mass is 450 g/mol. The molecule has 0 radical (unpaired) electrons. The Morgan fingerprint density at radius 2 is 1.92 bits per heavy atom. The zero-order chi connectivity index (χ0) is 18.8. The van der Waals surface area contributed by atoms with Crippen LogP contribution in [-0.4, -0.2) is 6.61 Å². The van der Waals surface area contributed by atoms with Crippen LogP contribution in [0.5, 0.6) is 5.75 Å². The Hall–Kier alpha value is -1.16. The summed E-state index contributed by atoms with van der Waals surface area (Å²) in [7, 11) is 0. The maximum atomic E-state index is 6.28. The van der Waals surface area contributed by atoms with Gasteiger partial charge in [0.2, 0.25) is 0 Å². The molecule has 1 nitrogen and oxygen atoms in total. The van der Waals surface area contributed by atoms with Gasteiger partial charge in [-0.15, -0.1) is 0 Å². The van der Waals surface area contributed by atoms with Crippen LogP contribution in [0.15, 0.2) is 76.1 Å². The number of benzene rings is 2. The first-order valence-electron chi connectivity index (χ1n) is 8.84. The summed E-state index contributed by atoms with van der Waals surface area (Å²) in [5.74, 6) is 0.902. The summed E-state index contributed by atoms with van der Waals surface area (Å²) < 4.78 is 5.94. The van der Waals surface area contributed by atoms with Crippen molar-refractivity contribution in [2.75, 3.05) is 6.61 Å². The highest BCUT2D eigenvalue weighted by atomic mass is 79.9. The van der Waals surface area contributed by atoms with Gasteiger partial charge in [-0.1, -0.05) is 83.5 Å². The summed E-state index contributed by atoms with van der Waals surface area (Å²) in [6.45, 7) is 4.66. The summed E-state index contributed by atoms with van der Waals surface area (Å²) in [4.78, 5) is 2.27. The number of ether oxygens (including phenoxy) is 1. The Balaban J connectivity index is 0.00000117. The highest BCUT2D eigenvalue weighted by Crippen LogP contribution is 2.33. The molecule has 26 heavy (non-hydrogen) atoms. The standard InChI is InChI=1S/C20H18BrClOS.C2H6/c21-13-16-9-10-19(12-20(16)22)24-18-8-4-7-17(11-18)23-14-15-5-2-1-3-6-15;1-2/h1-2,4-5,7-12H,3,6,13-14H2;1-2H3. The number of allylic oxidation sites excluding steroid dienone is 3. The second kappa shape index (κ2) is 11.5. The predicted molar refractivity (Wildman–Crippen MR) is 118 cm³/mol. The quantitative estimate of drug-likeness (QED) is 0.411. The van der Waals surface area contributed by atoms with Gasteiger partial charge in [0.05, 0.1) is 0 Å². The van der Waals surface area contributed by atoms with Crippen molar-refractivity contribution >= 4 is 39.3 Å². The van der Waals surface area contributed by atoms with Gasteiger partial charge in [-0.25, -0.2) is 0 Å². The van der Waals surface area contributed by atoms with E-state index in [1.54, 1.807) is 11.8 Å². The van der Waals surface area contributed by atoms with Crippen molar-refractivity contribution in [2.45, 2.75) is 41.8 Å². The molecule has 0 unspecified atom stereocenters. The van der Waals surface area contributed by atoms with Crippen molar-refractivity contribution in [2.24, 2.45) is 0 Å². The van der Waals surface area contributed by atoms with Gasteiger partial charge >= 0.3 is 0 Å². The Labute approximate surface area is 174 Å². The van der Waals surface area contributed by atoms with Crippen LogP contribution in [0.25, 0.3) is 0 Å². The fourth-order valence-electron chi connectivity index (χ4n) is 2.41. The Kier molecular flexibility index (Phi) is 9.38. The molecule has 0 atom stereocenters. The summed E-state index contributed by atoms with van der Waals surface area (Å²) >= 11 is 11.4. The summed E-state index contributed by atoms with van der Waals surface area (Å²) in [6, 6.07) is 14.4. The van der Waals surface area contributed by atoms with Crippen molar-refractivity contribution in [3.05, 3.63) is 76.9 Å². The Bertz CT molecular complexity index is 770. The van der Waals surface area contributed by atoms with Gasteiger partial charge in [-0.05, 0) is 54.3 Å². The molecule has 138 valence electrons. The highest BCUT2D eigenvalue weighted by Gasteiger charge is 2.05. The average molecular weight is 452 g/mol. The molecule has 2 aromatic carbocycles. The lowest BCUT2D eigenvalue weighted by Crippen LogP contribution is -2.02. The zero-order valence-corrected chi connectivity index (χ0v) is 18.3. The average Bonchev–Trinajstić information content (AvgIpc) is 2.69. The van der Waals surface area contributed by atoms with E-state index in [2.05, 4.69) is 58.4 Å². The molecule has 0 amide bonds. The van der Waals surface area contributed by atoms with Gasteiger partial charge in [-0.3, -0.25) is 0 Å². The first kappa shape index (κ1) is 21.1. The topological polar surface area (TPSA) is 9.23 Å². The molecule has 4 heteroatoms. The summed E-state index contributed by atoms with van der Waals surface area (Å²) in [5.41, 5.74) is 2.45. The minimum Gasteiger partial charge on any atom is -0.489 e. The summed E-state index contributed by atoms with van der Waals surface area (Å²) in [5, 5.41) is 1.56. The lowest BCUT2D eigenvalue weighted by molar-refractivity contribution is 0.346. The van der Waals surface area contributed by atoms with Crippen LogP contribution in [0, 0.1) is 0 Å². The van der Waals surface area contributed by atoms with Gasteiger partial charge < -0.3 is 4.74 Å². The molecule has 2 aromatic rings. The lowest BCUT2D eigenvalue weighted by atomic mass is 10.1. The Morgan fingerprint density at radius 3 is 2.62 bits per heavy atom. The molecule has 0 heterocycles. The molecule has 3 rings (SSSR count). The van der Waals surface area contributed by atoms with Gasteiger partial charge in [0.25, 0.3) is 0 Å². The largest absolute Gasteiger partial charge is 0.489 e. The van der Waals surface area contributed by atoms with Crippen LogP contribution in [0.4, 0.5) is 0 Å². The molecular formula is C22H24BrClOS. The lowest BCUT2D eigenvalue weighted by Gasteiger charge is -2.12. The molecule has 0 N–H and O–H groups in total. The van der Waals surface area contributed by atoms with E-state index in [4.69, 9.17) is 16.3 Å². The Morgan fingerprint density at radius 1 is 1.12 bits per heavy atom. The molecule has 0 aromatic heterocycles. The molecule has 0 bridgehead atoms. The van der Waals surface area contributed by atoms with Crippen LogP contribution >= 0.6 is 39.3 Å². The van der Waals surface area contributed by atoms with E-state index in [1.807, 2.05) is 32.0 Å². The number of hydrogen-bond donors (Lipinski definition) is 0. The first-order chi connectivity index (χ1) is 12.7. The van der Waals surface area contributed by atoms with Crippen LogP contribution in [0.2, 0.25) is 5.02 Å². The summed E-state index contributed by atoms with van der Waals surface area (Å²) in [6.07, 6.45) is 8.64. The third-order valence-electron chi connectivity index (χ3n) is 3.73. The van der Waals surface area contributed by atoms with E-state index in [9.17, 15) is 0 Å². The third-order valence-corrected chi connectivity index (χ3v) is 5.67. The second-order valence-corrected chi connectivity index (χ2v) is 7.66. The molecule has 1 aliphatic carbocycles. The molecular weight excluding hydrogens is 428 g/mol. The minimum atomic E-state index is 0.657. The fourth-order valence-corrected chi connectivity index (χ4v) is 4.28. The predicted octanol–water partition coefficient (Wildman–Crippen LogP) is 8.07. The fraction of sp³-hybridized carbons (Fsp3) is 0.273. The number of alkyl halides is 1. The van der Waals surface area contributed by atoms with E-state index in [0.29, 0.717) is 6.61 Å². The van der Waals surface area contributed by atoms with Gasteiger partial charge in [0, 0.05) is 20.1 Å². The second-order valence-electron chi connectivity index (χ2n) is 5.54. The van der Waals surface area contributed by atoms with E-state index in [-0.39, 0.29) is 0 Å². The molecule has 0 spiro atoms. The van der Waals surface area contributed by atoms with Crippen LogP contribution < -0.4 is 4.74 Å². The SMILES string of the molecule is CC.Clc1cc(Sc2cccc(OCC3=CC=CCC3)c2)ccc1CBr. The highest BCUT2D eigenvalue weighted by molar-refractivity contribution is 9.08. The van der Waals surface area contributed by atoms with Crippen molar-refractivity contribution < 1.29 is 4.74 Å². The molecule has 0 aliphatic heterocycles. The van der Waals surface area contributed by atoms with Crippen molar-refractivity contribution in [3.63, 3.8) is 0 Å². The molecule has 1 aliphatic rings. The van der Waals surface area contributed by atoms with Crippen molar-refractivity contribution in [1.29, 1.82) is 0 Å². The van der Waals surface area contributed by atoms with E-state index in [0.717, 1.165) is 44.3 Å². The maximum absolute atomic E-state index is 6.28.